The van der Waals surface area contributed by atoms with Crippen LogP contribution in [0.25, 0.3) is 0 Å². The molecule has 1 aliphatic heterocycles. The third kappa shape index (κ3) is 4.70. The molecule has 26 heavy (non-hydrogen) atoms. The minimum absolute atomic E-state index is 0.113. The van der Waals surface area contributed by atoms with Gasteiger partial charge in [-0.25, -0.2) is 0 Å². The quantitative estimate of drug-likeness (QED) is 0.558. The molecule has 0 aromatic carbocycles. The van der Waals surface area contributed by atoms with Crippen molar-refractivity contribution >= 4 is 0 Å². The van der Waals surface area contributed by atoms with Crippen LogP contribution in [-0.4, -0.2) is 42.4 Å². The van der Waals surface area contributed by atoms with Crippen LogP contribution in [0.3, 0.4) is 0 Å². The van der Waals surface area contributed by atoms with Gasteiger partial charge in [0.1, 0.15) is 12.2 Å². The van der Waals surface area contributed by atoms with Crippen molar-refractivity contribution in [1.29, 1.82) is 0 Å². The Labute approximate surface area is 160 Å². The lowest BCUT2D eigenvalue weighted by Crippen LogP contribution is -2.41. The second-order valence-electron chi connectivity index (χ2n) is 9.63. The molecule has 2 aliphatic rings. The van der Waals surface area contributed by atoms with E-state index in [2.05, 4.69) is 68.4 Å². The van der Waals surface area contributed by atoms with Gasteiger partial charge in [0.15, 0.2) is 5.79 Å². The van der Waals surface area contributed by atoms with Crippen LogP contribution in [0.4, 0.5) is 0 Å². The van der Waals surface area contributed by atoms with E-state index in [4.69, 9.17) is 18.9 Å². The Morgan fingerprint density at radius 1 is 0.962 bits per heavy atom. The topological polar surface area (TPSA) is 36.9 Å². The third-order valence-corrected chi connectivity index (χ3v) is 6.64. The maximum Gasteiger partial charge on any atom is 0.191 e. The van der Waals surface area contributed by atoms with Crippen LogP contribution in [0.1, 0.15) is 75.2 Å². The average molecular weight is 369 g/mol. The van der Waals surface area contributed by atoms with E-state index >= 15 is 0 Å². The Balaban J connectivity index is 2.07. The van der Waals surface area contributed by atoms with Gasteiger partial charge >= 0.3 is 0 Å². The van der Waals surface area contributed by atoms with Crippen LogP contribution in [-0.2, 0) is 18.9 Å². The number of hydrogen-bond donors (Lipinski definition) is 0. The van der Waals surface area contributed by atoms with E-state index in [1.54, 1.807) is 0 Å². The molecule has 0 radical (unpaired) electrons. The summed E-state index contributed by atoms with van der Waals surface area (Å²) < 4.78 is 25.4. The summed E-state index contributed by atoms with van der Waals surface area (Å²) in [5.74, 6) is 0.286. The third-order valence-electron chi connectivity index (χ3n) is 6.64. The Morgan fingerprint density at radius 3 is 1.69 bits per heavy atom. The SMILES string of the molecule is CC1=CCCC12O[C@@H](COC(C)(C)C(C)C)[C@H](COC(C)(C)C(C)C)O2. The van der Waals surface area contributed by atoms with Crippen molar-refractivity contribution in [3.05, 3.63) is 11.6 Å². The first-order chi connectivity index (χ1) is 11.9. The van der Waals surface area contributed by atoms with Gasteiger partial charge in [-0.05, 0) is 58.4 Å². The molecule has 1 aliphatic carbocycles. The number of hydrogen-bond acceptors (Lipinski definition) is 4. The minimum atomic E-state index is -0.577. The fourth-order valence-electron chi connectivity index (χ4n) is 3.01. The van der Waals surface area contributed by atoms with Crippen LogP contribution in [0, 0.1) is 11.8 Å². The van der Waals surface area contributed by atoms with Crippen molar-refractivity contribution < 1.29 is 18.9 Å². The molecule has 4 nitrogen and oxygen atoms in total. The van der Waals surface area contributed by atoms with Gasteiger partial charge in [-0.3, -0.25) is 0 Å². The zero-order valence-electron chi connectivity index (χ0n) is 18.3. The van der Waals surface area contributed by atoms with E-state index in [1.807, 2.05) is 0 Å². The Hall–Kier alpha value is -0.420. The molecule has 0 aromatic rings. The number of allylic oxidation sites excluding steroid dienone is 1. The maximum atomic E-state index is 6.44. The second kappa shape index (κ2) is 7.90. The highest BCUT2D eigenvalue weighted by Gasteiger charge is 2.51. The highest BCUT2D eigenvalue weighted by Crippen LogP contribution is 2.43. The summed E-state index contributed by atoms with van der Waals surface area (Å²) in [5, 5.41) is 0. The van der Waals surface area contributed by atoms with Crippen molar-refractivity contribution in [3.8, 4) is 0 Å². The Kier molecular flexibility index (Phi) is 6.65. The summed E-state index contributed by atoms with van der Waals surface area (Å²) >= 11 is 0. The van der Waals surface area contributed by atoms with E-state index in [9.17, 15) is 0 Å². The molecule has 1 heterocycles. The zero-order valence-corrected chi connectivity index (χ0v) is 18.3. The van der Waals surface area contributed by atoms with Crippen molar-refractivity contribution in [3.63, 3.8) is 0 Å². The smallest absolute Gasteiger partial charge is 0.191 e. The number of rotatable bonds is 8. The van der Waals surface area contributed by atoms with Crippen molar-refractivity contribution in [2.24, 2.45) is 11.8 Å². The van der Waals surface area contributed by atoms with Crippen LogP contribution < -0.4 is 0 Å². The predicted octanol–water partition coefficient (Wildman–Crippen LogP) is 5.11. The molecule has 0 bridgehead atoms. The van der Waals surface area contributed by atoms with E-state index in [1.165, 1.54) is 5.57 Å². The van der Waals surface area contributed by atoms with Crippen molar-refractivity contribution in [2.75, 3.05) is 13.2 Å². The first-order valence-corrected chi connectivity index (χ1v) is 10.2. The Bertz CT molecular complexity index is 472. The van der Waals surface area contributed by atoms with Gasteiger partial charge in [-0.2, -0.15) is 0 Å². The van der Waals surface area contributed by atoms with Crippen LogP contribution in [0.5, 0.6) is 0 Å². The van der Waals surface area contributed by atoms with Gasteiger partial charge in [0.25, 0.3) is 0 Å². The van der Waals surface area contributed by atoms with Gasteiger partial charge in [0, 0.05) is 6.42 Å². The van der Waals surface area contributed by atoms with Crippen LogP contribution in [0.2, 0.25) is 0 Å². The van der Waals surface area contributed by atoms with Crippen LogP contribution in [0.15, 0.2) is 11.6 Å². The lowest BCUT2D eigenvalue weighted by molar-refractivity contribution is -0.162. The molecular formula is C22H40O4. The molecule has 2 atom stereocenters. The molecule has 0 N–H and O–H groups in total. The molecular weight excluding hydrogens is 328 g/mol. The monoisotopic (exact) mass is 368 g/mol. The van der Waals surface area contributed by atoms with Gasteiger partial charge in [0.05, 0.1) is 24.4 Å². The summed E-state index contributed by atoms with van der Waals surface area (Å²) in [6, 6.07) is 0. The molecule has 0 amide bonds. The highest BCUT2D eigenvalue weighted by molar-refractivity contribution is 5.19. The predicted molar refractivity (Wildman–Crippen MR) is 105 cm³/mol. The molecule has 4 heteroatoms. The molecule has 1 spiro atoms. The van der Waals surface area contributed by atoms with Crippen molar-refractivity contribution in [2.45, 2.75) is 104 Å². The summed E-state index contributed by atoms with van der Waals surface area (Å²) in [7, 11) is 0. The highest BCUT2D eigenvalue weighted by atomic mass is 16.8. The fourth-order valence-corrected chi connectivity index (χ4v) is 3.01. The summed E-state index contributed by atoms with van der Waals surface area (Å²) in [6.45, 7) is 20.4. The van der Waals surface area contributed by atoms with E-state index in [0.717, 1.165) is 12.8 Å². The van der Waals surface area contributed by atoms with E-state index in [0.29, 0.717) is 25.0 Å². The lowest BCUT2D eigenvalue weighted by Gasteiger charge is -2.33. The standard InChI is InChI=1S/C22H40O4/c1-15(2)20(6,7)23-13-18-19(14-24-21(8,9)16(3)4)26-22(25-18)12-10-11-17(22)5/h11,15-16,18-19H,10,12-14H2,1-9H3/t18-,19-/m0/s1. The second-order valence-corrected chi connectivity index (χ2v) is 9.63. The largest absolute Gasteiger partial charge is 0.373 e. The summed E-state index contributed by atoms with van der Waals surface area (Å²) in [6.07, 6.45) is 3.88. The molecule has 1 fully saturated rings. The average Bonchev–Trinajstić information content (AvgIpc) is 3.07. The summed E-state index contributed by atoms with van der Waals surface area (Å²) in [5.41, 5.74) is 0.793. The lowest BCUT2D eigenvalue weighted by atomic mass is 9.94. The molecule has 0 saturated carbocycles. The molecule has 0 unspecified atom stereocenters. The first-order valence-electron chi connectivity index (χ1n) is 10.2. The minimum Gasteiger partial charge on any atom is -0.373 e. The zero-order chi connectivity index (χ0) is 19.8. The summed E-state index contributed by atoms with van der Waals surface area (Å²) in [4.78, 5) is 0. The van der Waals surface area contributed by atoms with Gasteiger partial charge in [0.2, 0.25) is 0 Å². The van der Waals surface area contributed by atoms with Gasteiger partial charge in [-0.15, -0.1) is 0 Å². The molecule has 0 aromatic heterocycles. The Morgan fingerprint density at radius 2 is 1.38 bits per heavy atom. The number of ether oxygens (including phenoxy) is 4. The van der Waals surface area contributed by atoms with Gasteiger partial charge < -0.3 is 18.9 Å². The van der Waals surface area contributed by atoms with Crippen molar-refractivity contribution in [1.82, 2.24) is 0 Å². The van der Waals surface area contributed by atoms with E-state index in [-0.39, 0.29) is 23.4 Å². The van der Waals surface area contributed by atoms with Crippen LogP contribution >= 0.6 is 0 Å². The van der Waals surface area contributed by atoms with E-state index < -0.39 is 5.79 Å². The molecule has 152 valence electrons. The van der Waals surface area contributed by atoms with Gasteiger partial charge in [-0.1, -0.05) is 33.8 Å². The fraction of sp³-hybridized carbons (Fsp3) is 0.909. The molecule has 2 rings (SSSR count). The normalized spacial score (nSPS) is 26.3. The molecule has 1 saturated heterocycles. The maximum absolute atomic E-state index is 6.44. The first kappa shape index (κ1) is 21.9.